The molecule has 0 saturated heterocycles. The van der Waals surface area contributed by atoms with Crippen LogP contribution in [0.3, 0.4) is 0 Å². The number of allylic oxidation sites excluding steroid dienone is 1. The highest BCUT2D eigenvalue weighted by molar-refractivity contribution is 6.30. The molecule has 2 aromatic carbocycles. The highest BCUT2D eigenvalue weighted by Gasteiger charge is 2.01. The highest BCUT2D eigenvalue weighted by Crippen LogP contribution is 2.15. The van der Waals surface area contributed by atoms with E-state index in [0.29, 0.717) is 16.5 Å². The molecule has 0 atom stereocenters. The molecule has 0 saturated carbocycles. The first kappa shape index (κ1) is 16.8. The maximum Gasteiger partial charge on any atom is 0.277 e. The van der Waals surface area contributed by atoms with Crippen molar-refractivity contribution < 1.29 is 9.53 Å². The standard InChI is InChI=1S/C18H17ClN2O2/c1-14(7-8-15-5-3-2-4-6-15)20-21-18(22)13-23-17-11-9-16(19)10-12-17/h2-12H,13H2,1H3,(H,21,22)/b8-7-,20-14-. The number of carbonyl (C=O) groups is 1. The summed E-state index contributed by atoms with van der Waals surface area (Å²) in [5.74, 6) is 0.252. The fourth-order valence-electron chi connectivity index (χ4n) is 1.68. The minimum Gasteiger partial charge on any atom is -0.484 e. The molecule has 0 aliphatic heterocycles. The molecule has 1 amide bonds. The van der Waals surface area contributed by atoms with Gasteiger partial charge in [0, 0.05) is 5.02 Å². The van der Waals surface area contributed by atoms with Crippen molar-refractivity contribution in [1.82, 2.24) is 5.43 Å². The summed E-state index contributed by atoms with van der Waals surface area (Å²) in [6, 6.07) is 16.7. The zero-order valence-electron chi connectivity index (χ0n) is 12.7. The van der Waals surface area contributed by atoms with Crippen molar-refractivity contribution in [3.63, 3.8) is 0 Å². The lowest BCUT2D eigenvalue weighted by Gasteiger charge is -2.05. The van der Waals surface area contributed by atoms with E-state index in [1.807, 2.05) is 42.5 Å². The van der Waals surface area contributed by atoms with Crippen LogP contribution in [0.15, 0.2) is 65.8 Å². The van der Waals surface area contributed by atoms with Gasteiger partial charge in [0.2, 0.25) is 0 Å². The summed E-state index contributed by atoms with van der Waals surface area (Å²) < 4.78 is 5.33. The van der Waals surface area contributed by atoms with Gasteiger partial charge in [0.25, 0.3) is 5.91 Å². The van der Waals surface area contributed by atoms with Gasteiger partial charge in [0.15, 0.2) is 6.61 Å². The van der Waals surface area contributed by atoms with Gasteiger partial charge in [0.05, 0.1) is 5.71 Å². The van der Waals surface area contributed by atoms with Crippen LogP contribution in [0.5, 0.6) is 5.75 Å². The number of hydrogen-bond acceptors (Lipinski definition) is 3. The van der Waals surface area contributed by atoms with Gasteiger partial charge in [-0.2, -0.15) is 5.10 Å². The van der Waals surface area contributed by atoms with Crippen molar-refractivity contribution in [2.75, 3.05) is 6.61 Å². The predicted molar refractivity (Wildman–Crippen MR) is 93.7 cm³/mol. The lowest BCUT2D eigenvalue weighted by molar-refractivity contribution is -0.123. The average Bonchev–Trinajstić information content (AvgIpc) is 2.58. The molecule has 23 heavy (non-hydrogen) atoms. The lowest BCUT2D eigenvalue weighted by Crippen LogP contribution is -2.25. The molecule has 0 radical (unpaired) electrons. The van der Waals surface area contributed by atoms with E-state index in [1.54, 1.807) is 31.2 Å². The summed E-state index contributed by atoms with van der Waals surface area (Å²) >= 11 is 5.77. The minimum atomic E-state index is -0.326. The van der Waals surface area contributed by atoms with Gasteiger partial charge in [-0.05, 0) is 42.8 Å². The summed E-state index contributed by atoms with van der Waals surface area (Å²) in [4.78, 5) is 11.7. The molecule has 0 heterocycles. The Balaban J connectivity index is 1.78. The summed E-state index contributed by atoms with van der Waals surface area (Å²) in [7, 11) is 0. The van der Waals surface area contributed by atoms with E-state index in [-0.39, 0.29) is 12.5 Å². The Kier molecular flexibility index (Phi) is 6.39. The number of halogens is 1. The van der Waals surface area contributed by atoms with Crippen molar-refractivity contribution in [3.8, 4) is 5.75 Å². The predicted octanol–water partition coefficient (Wildman–Crippen LogP) is 3.92. The molecule has 2 aromatic rings. The molecule has 5 heteroatoms. The Hall–Kier alpha value is -2.59. The van der Waals surface area contributed by atoms with Crippen molar-refractivity contribution in [1.29, 1.82) is 0 Å². The van der Waals surface area contributed by atoms with E-state index in [2.05, 4.69) is 10.5 Å². The van der Waals surface area contributed by atoms with E-state index in [0.717, 1.165) is 5.56 Å². The number of hydrazone groups is 1. The maximum absolute atomic E-state index is 11.7. The fraction of sp³-hybridized carbons (Fsp3) is 0.111. The lowest BCUT2D eigenvalue weighted by atomic mass is 10.2. The molecule has 1 N–H and O–H groups in total. The van der Waals surface area contributed by atoms with Crippen molar-refractivity contribution in [2.45, 2.75) is 6.92 Å². The Morgan fingerprint density at radius 2 is 1.87 bits per heavy atom. The van der Waals surface area contributed by atoms with Crippen LogP contribution in [0, 0.1) is 0 Å². The largest absolute Gasteiger partial charge is 0.484 e. The molecule has 0 unspecified atom stereocenters. The molecule has 0 fully saturated rings. The monoisotopic (exact) mass is 328 g/mol. The summed E-state index contributed by atoms with van der Waals surface area (Å²) in [5.41, 5.74) is 4.20. The number of ether oxygens (including phenoxy) is 1. The SMILES string of the molecule is CC(/C=C\c1ccccc1)=N/NC(=O)COc1ccc(Cl)cc1. The highest BCUT2D eigenvalue weighted by atomic mass is 35.5. The molecule has 4 nitrogen and oxygen atoms in total. The number of rotatable bonds is 6. The number of benzene rings is 2. The van der Waals surface area contributed by atoms with E-state index in [4.69, 9.17) is 16.3 Å². The van der Waals surface area contributed by atoms with Crippen LogP contribution < -0.4 is 10.2 Å². The third kappa shape index (κ3) is 6.36. The maximum atomic E-state index is 11.7. The second kappa shape index (κ2) is 8.76. The molecule has 2 rings (SSSR count). The fourth-order valence-corrected chi connectivity index (χ4v) is 1.81. The second-order valence-electron chi connectivity index (χ2n) is 4.77. The Morgan fingerprint density at radius 1 is 1.17 bits per heavy atom. The molecule has 0 aliphatic rings. The molecule has 0 spiro atoms. The molecule has 0 aromatic heterocycles. The van der Waals surface area contributed by atoms with Gasteiger partial charge in [-0.25, -0.2) is 5.43 Å². The van der Waals surface area contributed by atoms with E-state index in [9.17, 15) is 4.79 Å². The zero-order valence-corrected chi connectivity index (χ0v) is 13.5. The molecule has 0 aliphatic carbocycles. The van der Waals surface area contributed by atoms with Crippen molar-refractivity contribution in [2.24, 2.45) is 5.10 Å². The first-order valence-electron chi connectivity index (χ1n) is 7.08. The summed E-state index contributed by atoms with van der Waals surface area (Å²) in [6.45, 7) is 1.70. The van der Waals surface area contributed by atoms with Crippen LogP contribution >= 0.6 is 11.6 Å². The van der Waals surface area contributed by atoms with Gasteiger partial charge < -0.3 is 4.74 Å². The first-order chi connectivity index (χ1) is 11.1. The van der Waals surface area contributed by atoms with Crippen molar-refractivity contribution in [3.05, 3.63) is 71.3 Å². The van der Waals surface area contributed by atoms with Gasteiger partial charge >= 0.3 is 0 Å². The van der Waals surface area contributed by atoms with Gasteiger partial charge in [-0.1, -0.05) is 48.0 Å². The van der Waals surface area contributed by atoms with Crippen LogP contribution in [-0.2, 0) is 4.79 Å². The normalized spacial score (nSPS) is 11.5. The Morgan fingerprint density at radius 3 is 2.57 bits per heavy atom. The van der Waals surface area contributed by atoms with Gasteiger partial charge in [-0.15, -0.1) is 0 Å². The summed E-state index contributed by atoms with van der Waals surface area (Å²) in [6.07, 6.45) is 3.75. The van der Waals surface area contributed by atoms with E-state index in [1.165, 1.54) is 0 Å². The zero-order chi connectivity index (χ0) is 16.5. The molecule has 0 bridgehead atoms. The molecular formula is C18H17ClN2O2. The number of carbonyl (C=O) groups excluding carboxylic acids is 1. The second-order valence-corrected chi connectivity index (χ2v) is 5.21. The van der Waals surface area contributed by atoms with Crippen LogP contribution in [0.25, 0.3) is 6.08 Å². The number of nitrogens with zero attached hydrogens (tertiary/aromatic N) is 1. The average molecular weight is 329 g/mol. The van der Waals surface area contributed by atoms with Gasteiger partial charge in [0.1, 0.15) is 5.75 Å². The van der Waals surface area contributed by atoms with Crippen LogP contribution in [0.4, 0.5) is 0 Å². The van der Waals surface area contributed by atoms with Crippen LogP contribution in [0.1, 0.15) is 12.5 Å². The minimum absolute atomic E-state index is 0.110. The van der Waals surface area contributed by atoms with Crippen molar-refractivity contribution >= 4 is 29.3 Å². The van der Waals surface area contributed by atoms with E-state index < -0.39 is 0 Å². The molecular weight excluding hydrogens is 312 g/mol. The Bertz CT molecular complexity index is 695. The molecule has 118 valence electrons. The van der Waals surface area contributed by atoms with E-state index >= 15 is 0 Å². The number of amides is 1. The smallest absolute Gasteiger partial charge is 0.277 e. The van der Waals surface area contributed by atoms with Crippen LogP contribution in [0.2, 0.25) is 5.02 Å². The topological polar surface area (TPSA) is 50.7 Å². The van der Waals surface area contributed by atoms with Crippen LogP contribution in [-0.4, -0.2) is 18.2 Å². The third-order valence-corrected chi connectivity index (χ3v) is 3.11. The quantitative estimate of drug-likeness (QED) is 0.645. The Labute approximate surface area is 140 Å². The number of hydrogen-bond donors (Lipinski definition) is 1. The number of nitrogens with one attached hydrogen (secondary N) is 1. The van der Waals surface area contributed by atoms with Gasteiger partial charge in [-0.3, -0.25) is 4.79 Å². The first-order valence-corrected chi connectivity index (χ1v) is 7.46. The third-order valence-electron chi connectivity index (χ3n) is 2.86. The summed E-state index contributed by atoms with van der Waals surface area (Å²) in [5, 5.41) is 4.61.